The van der Waals surface area contributed by atoms with Gasteiger partial charge in [0.1, 0.15) is 0 Å². The van der Waals surface area contributed by atoms with Crippen LogP contribution in [0.4, 0.5) is 0 Å². The Labute approximate surface area is 141 Å². The zero-order valence-electron chi connectivity index (χ0n) is 14.0. The zero-order chi connectivity index (χ0) is 17.7. The molecule has 2 rings (SSSR count). The third kappa shape index (κ3) is 3.88. The van der Waals surface area contributed by atoms with Gasteiger partial charge in [0.2, 0.25) is 0 Å². The van der Waals surface area contributed by atoms with E-state index in [0.717, 1.165) is 5.56 Å². The lowest BCUT2D eigenvalue weighted by atomic mass is 10.0. The number of nitrogens with one attached hydrogen (secondary N) is 1. The summed E-state index contributed by atoms with van der Waals surface area (Å²) in [6, 6.07) is 3.27. The third-order valence-corrected chi connectivity index (χ3v) is 4.30. The molecule has 0 aromatic heterocycles. The van der Waals surface area contributed by atoms with Gasteiger partial charge in [-0.3, -0.25) is 9.59 Å². The summed E-state index contributed by atoms with van der Waals surface area (Å²) in [7, 11) is 3.07. The Hall–Kier alpha value is -2.50. The van der Waals surface area contributed by atoms with Crippen LogP contribution in [-0.4, -0.2) is 37.2 Å². The molecule has 0 radical (unpaired) electrons. The smallest absolute Gasteiger partial charge is 0.306 e. The molecule has 24 heavy (non-hydrogen) atoms. The normalized spacial score (nSPS) is 19.6. The Kier molecular flexibility index (Phi) is 5.84. The van der Waals surface area contributed by atoms with Gasteiger partial charge < -0.3 is 19.9 Å². The molecule has 0 spiro atoms. The van der Waals surface area contributed by atoms with Gasteiger partial charge in [0.25, 0.3) is 5.91 Å². The highest BCUT2D eigenvalue weighted by atomic mass is 16.5. The molecule has 6 heteroatoms. The van der Waals surface area contributed by atoms with Crippen LogP contribution in [0.15, 0.2) is 24.8 Å². The van der Waals surface area contributed by atoms with Gasteiger partial charge in [0, 0.05) is 17.2 Å². The molecule has 0 saturated heterocycles. The monoisotopic (exact) mass is 333 g/mol. The average molecular weight is 333 g/mol. The molecule has 130 valence electrons. The lowest BCUT2D eigenvalue weighted by molar-refractivity contribution is -0.141. The van der Waals surface area contributed by atoms with Crippen molar-refractivity contribution in [3.05, 3.63) is 35.9 Å². The predicted molar refractivity (Wildman–Crippen MR) is 89.7 cm³/mol. The Morgan fingerprint density at radius 3 is 2.62 bits per heavy atom. The van der Waals surface area contributed by atoms with Crippen molar-refractivity contribution in [3.63, 3.8) is 0 Å². The first-order valence-electron chi connectivity index (χ1n) is 7.89. The van der Waals surface area contributed by atoms with E-state index in [4.69, 9.17) is 14.6 Å². The lowest BCUT2D eigenvalue weighted by Gasteiger charge is -2.16. The van der Waals surface area contributed by atoms with Gasteiger partial charge in [0.05, 0.1) is 20.1 Å². The summed E-state index contributed by atoms with van der Waals surface area (Å²) in [5, 5.41) is 12.0. The molecule has 1 aromatic carbocycles. The highest BCUT2D eigenvalue weighted by Crippen LogP contribution is 2.33. The molecule has 1 aliphatic carbocycles. The standard InChI is InChI=1S/C18H23NO5/c1-4-5-11-8-13(10-15(23-2)16(11)24-3)17(20)19-14-7-6-12(9-14)18(21)22/h4,8,10,12,14H,1,5-7,9H2,2-3H3,(H,19,20)(H,21,22)/t12-,14+/m0/s1. The molecule has 2 N–H and O–H groups in total. The number of methoxy groups -OCH3 is 2. The first-order valence-corrected chi connectivity index (χ1v) is 7.89. The van der Waals surface area contributed by atoms with Crippen LogP contribution < -0.4 is 14.8 Å². The molecular formula is C18H23NO5. The van der Waals surface area contributed by atoms with E-state index in [1.807, 2.05) is 0 Å². The minimum atomic E-state index is -0.800. The molecule has 0 aliphatic heterocycles. The topological polar surface area (TPSA) is 84.9 Å². The highest BCUT2D eigenvalue weighted by Gasteiger charge is 2.31. The highest BCUT2D eigenvalue weighted by molar-refractivity contribution is 5.95. The second-order valence-electron chi connectivity index (χ2n) is 5.88. The van der Waals surface area contributed by atoms with Gasteiger partial charge in [-0.15, -0.1) is 6.58 Å². The number of amides is 1. The van der Waals surface area contributed by atoms with Crippen molar-refractivity contribution in [2.24, 2.45) is 5.92 Å². The van der Waals surface area contributed by atoms with E-state index in [9.17, 15) is 9.59 Å². The van der Waals surface area contributed by atoms with Crippen LogP contribution in [0.5, 0.6) is 11.5 Å². The number of benzene rings is 1. The molecule has 1 aliphatic rings. The van der Waals surface area contributed by atoms with E-state index in [-0.39, 0.29) is 17.9 Å². The van der Waals surface area contributed by atoms with Gasteiger partial charge in [-0.2, -0.15) is 0 Å². The van der Waals surface area contributed by atoms with E-state index in [2.05, 4.69) is 11.9 Å². The Balaban J connectivity index is 2.18. The van der Waals surface area contributed by atoms with Gasteiger partial charge >= 0.3 is 5.97 Å². The number of aliphatic carboxylic acids is 1. The fourth-order valence-corrected chi connectivity index (χ4v) is 3.09. The minimum absolute atomic E-state index is 0.116. The van der Waals surface area contributed by atoms with Crippen molar-refractivity contribution in [2.45, 2.75) is 31.7 Å². The molecule has 6 nitrogen and oxygen atoms in total. The van der Waals surface area contributed by atoms with Crippen molar-refractivity contribution in [1.29, 1.82) is 0 Å². The number of rotatable bonds is 7. The summed E-state index contributed by atoms with van der Waals surface area (Å²) in [6.45, 7) is 3.72. The van der Waals surface area contributed by atoms with Crippen LogP contribution in [0, 0.1) is 5.92 Å². The van der Waals surface area contributed by atoms with E-state index < -0.39 is 5.97 Å². The Morgan fingerprint density at radius 1 is 1.33 bits per heavy atom. The number of carbonyl (C=O) groups is 2. The molecule has 0 heterocycles. The summed E-state index contributed by atoms with van der Waals surface area (Å²) in [5.41, 5.74) is 1.27. The van der Waals surface area contributed by atoms with Gasteiger partial charge in [-0.25, -0.2) is 0 Å². The quantitative estimate of drug-likeness (QED) is 0.749. The van der Waals surface area contributed by atoms with Crippen molar-refractivity contribution in [3.8, 4) is 11.5 Å². The van der Waals surface area contributed by atoms with Gasteiger partial charge in [0.15, 0.2) is 11.5 Å². The molecule has 1 amide bonds. The summed E-state index contributed by atoms with van der Waals surface area (Å²) in [4.78, 5) is 23.5. The van der Waals surface area contributed by atoms with Crippen LogP contribution in [-0.2, 0) is 11.2 Å². The fraction of sp³-hybridized carbons (Fsp3) is 0.444. The molecule has 1 fully saturated rings. The van der Waals surface area contributed by atoms with Crippen molar-refractivity contribution in [1.82, 2.24) is 5.32 Å². The first-order chi connectivity index (χ1) is 11.5. The largest absolute Gasteiger partial charge is 0.493 e. The summed E-state index contributed by atoms with van der Waals surface area (Å²) < 4.78 is 10.7. The number of carboxylic acids is 1. The fourth-order valence-electron chi connectivity index (χ4n) is 3.09. The second kappa shape index (κ2) is 7.86. The van der Waals surface area contributed by atoms with Crippen molar-refractivity contribution >= 4 is 11.9 Å². The Morgan fingerprint density at radius 2 is 2.08 bits per heavy atom. The van der Waals surface area contributed by atoms with Crippen molar-refractivity contribution in [2.75, 3.05) is 14.2 Å². The number of hydrogen-bond acceptors (Lipinski definition) is 4. The summed E-state index contributed by atoms with van der Waals surface area (Å²) in [6.07, 6.45) is 4.01. The average Bonchev–Trinajstić information content (AvgIpc) is 3.03. The lowest BCUT2D eigenvalue weighted by Crippen LogP contribution is -2.33. The summed E-state index contributed by atoms with van der Waals surface area (Å²) in [5.74, 6) is -0.349. The maximum absolute atomic E-state index is 12.5. The number of hydrogen-bond donors (Lipinski definition) is 2. The van der Waals surface area contributed by atoms with Crippen LogP contribution in [0.25, 0.3) is 0 Å². The molecule has 0 bridgehead atoms. The number of ether oxygens (including phenoxy) is 2. The van der Waals surface area contributed by atoms with E-state index in [1.165, 1.54) is 7.11 Å². The first kappa shape index (κ1) is 17.8. The number of carbonyl (C=O) groups excluding carboxylic acids is 1. The number of carboxylic acid groups (broad SMARTS) is 1. The predicted octanol–water partition coefficient (Wildman–Crippen LogP) is 2.42. The Bertz CT molecular complexity index is 641. The molecular weight excluding hydrogens is 310 g/mol. The van der Waals surface area contributed by atoms with Gasteiger partial charge in [-0.1, -0.05) is 6.08 Å². The molecule has 1 saturated carbocycles. The maximum atomic E-state index is 12.5. The van der Waals surface area contributed by atoms with E-state index in [0.29, 0.717) is 42.7 Å². The molecule has 2 atom stereocenters. The van der Waals surface area contributed by atoms with E-state index >= 15 is 0 Å². The SMILES string of the molecule is C=CCc1cc(C(=O)N[C@@H]2CC[C@H](C(=O)O)C2)cc(OC)c1OC. The second-order valence-corrected chi connectivity index (χ2v) is 5.88. The van der Waals surface area contributed by atoms with Crippen LogP contribution in [0.1, 0.15) is 35.2 Å². The minimum Gasteiger partial charge on any atom is -0.493 e. The zero-order valence-corrected chi connectivity index (χ0v) is 14.0. The van der Waals surface area contributed by atoms with E-state index in [1.54, 1.807) is 25.3 Å². The number of allylic oxidation sites excluding steroid dienone is 1. The maximum Gasteiger partial charge on any atom is 0.306 e. The van der Waals surface area contributed by atoms with Crippen LogP contribution >= 0.6 is 0 Å². The van der Waals surface area contributed by atoms with Crippen LogP contribution in [0.3, 0.4) is 0 Å². The summed E-state index contributed by atoms with van der Waals surface area (Å²) >= 11 is 0. The molecule has 1 aromatic rings. The van der Waals surface area contributed by atoms with Crippen molar-refractivity contribution < 1.29 is 24.2 Å². The third-order valence-electron chi connectivity index (χ3n) is 4.30. The van der Waals surface area contributed by atoms with Gasteiger partial charge in [-0.05, 0) is 37.8 Å². The molecule has 0 unspecified atom stereocenters. The van der Waals surface area contributed by atoms with Crippen LogP contribution in [0.2, 0.25) is 0 Å².